The first-order chi connectivity index (χ1) is 16.8. The van der Waals surface area contributed by atoms with Crippen molar-refractivity contribution in [1.29, 1.82) is 0 Å². The van der Waals surface area contributed by atoms with Gasteiger partial charge in [-0.15, -0.1) is 0 Å². The highest BCUT2D eigenvalue weighted by atomic mass is 16.7. The van der Waals surface area contributed by atoms with Crippen molar-refractivity contribution in [3.8, 4) is 0 Å². The number of rotatable bonds is 7. The van der Waals surface area contributed by atoms with Crippen molar-refractivity contribution < 1.29 is 28.6 Å². The Labute approximate surface area is 207 Å². The average molecular weight is 484 g/mol. The van der Waals surface area contributed by atoms with Crippen molar-refractivity contribution in [2.45, 2.75) is 71.1 Å². The zero-order valence-corrected chi connectivity index (χ0v) is 21.1. The van der Waals surface area contributed by atoms with Crippen molar-refractivity contribution in [2.24, 2.45) is 29.6 Å². The second-order valence-electron chi connectivity index (χ2n) is 10.6. The Kier molecular flexibility index (Phi) is 7.53. The molecule has 190 valence electrons. The topological polar surface area (TPSA) is 90.9 Å². The highest BCUT2D eigenvalue weighted by molar-refractivity contribution is 5.99. The molecule has 4 rings (SSSR count). The fourth-order valence-corrected chi connectivity index (χ4v) is 6.09. The summed E-state index contributed by atoms with van der Waals surface area (Å²) in [4.78, 5) is 39.8. The summed E-state index contributed by atoms with van der Waals surface area (Å²) in [5, 5.41) is 2.98. The van der Waals surface area contributed by atoms with Gasteiger partial charge < -0.3 is 19.5 Å². The van der Waals surface area contributed by atoms with Crippen LogP contribution in [0.4, 0.5) is 4.79 Å². The van der Waals surface area contributed by atoms with E-state index in [2.05, 4.69) is 26.1 Å². The SMILES string of the molecule is CCOC(=O)O[C@@H]1[C@@H]2C=C[C@@H](C2)[C@@]1(NC(=O)c1ccccc1)C(=O)O[C@H]1C[C@@H](C)CC[C@@H]1C(C)C. The van der Waals surface area contributed by atoms with Gasteiger partial charge in [0.15, 0.2) is 5.54 Å². The fraction of sp³-hybridized carbons (Fsp3) is 0.607. The van der Waals surface area contributed by atoms with Crippen LogP contribution in [-0.4, -0.2) is 42.4 Å². The number of carbonyl (C=O) groups is 3. The number of benzene rings is 1. The second kappa shape index (κ2) is 10.4. The van der Waals surface area contributed by atoms with E-state index in [9.17, 15) is 14.4 Å². The monoisotopic (exact) mass is 483 g/mol. The van der Waals surface area contributed by atoms with Gasteiger partial charge in [-0.1, -0.05) is 57.5 Å². The zero-order valence-electron chi connectivity index (χ0n) is 21.1. The number of amides is 1. The minimum atomic E-state index is -1.51. The lowest BCUT2D eigenvalue weighted by Gasteiger charge is -2.42. The summed E-state index contributed by atoms with van der Waals surface area (Å²) in [6.45, 7) is 8.33. The molecule has 0 spiro atoms. The van der Waals surface area contributed by atoms with E-state index >= 15 is 0 Å². The molecule has 7 nitrogen and oxygen atoms in total. The maximum atomic E-state index is 14.1. The summed E-state index contributed by atoms with van der Waals surface area (Å²) in [5.74, 6) is -0.428. The van der Waals surface area contributed by atoms with Crippen molar-refractivity contribution >= 4 is 18.0 Å². The van der Waals surface area contributed by atoms with Gasteiger partial charge in [0.25, 0.3) is 5.91 Å². The molecule has 7 heteroatoms. The fourth-order valence-electron chi connectivity index (χ4n) is 6.09. The molecule has 35 heavy (non-hydrogen) atoms. The molecular weight excluding hydrogens is 446 g/mol. The normalized spacial score (nSPS) is 33.4. The quantitative estimate of drug-likeness (QED) is 0.438. The largest absolute Gasteiger partial charge is 0.508 e. The van der Waals surface area contributed by atoms with E-state index in [0.29, 0.717) is 23.8 Å². The van der Waals surface area contributed by atoms with Crippen LogP contribution in [0, 0.1) is 29.6 Å². The van der Waals surface area contributed by atoms with Crippen LogP contribution in [0.25, 0.3) is 0 Å². The molecular formula is C28H37NO6. The number of nitrogens with one attached hydrogen (secondary N) is 1. The van der Waals surface area contributed by atoms with Crippen LogP contribution in [-0.2, 0) is 19.0 Å². The summed E-state index contributed by atoms with van der Waals surface area (Å²) >= 11 is 0. The Morgan fingerprint density at radius 2 is 1.80 bits per heavy atom. The maximum absolute atomic E-state index is 14.1. The first-order valence-electron chi connectivity index (χ1n) is 12.9. The predicted molar refractivity (Wildman–Crippen MR) is 130 cm³/mol. The molecule has 1 aromatic carbocycles. The molecule has 0 saturated heterocycles. The van der Waals surface area contributed by atoms with Crippen LogP contribution < -0.4 is 5.32 Å². The number of fused-ring (bicyclic) bond motifs is 2. The van der Waals surface area contributed by atoms with E-state index in [0.717, 1.165) is 19.3 Å². The first-order valence-corrected chi connectivity index (χ1v) is 12.9. The Balaban J connectivity index is 1.68. The van der Waals surface area contributed by atoms with Crippen LogP contribution in [0.3, 0.4) is 0 Å². The number of carbonyl (C=O) groups excluding carboxylic acids is 3. The van der Waals surface area contributed by atoms with E-state index in [1.807, 2.05) is 18.2 Å². The molecule has 1 aromatic rings. The molecule has 1 amide bonds. The van der Waals surface area contributed by atoms with Gasteiger partial charge in [0.2, 0.25) is 0 Å². The first kappa shape index (κ1) is 25.3. The minimum absolute atomic E-state index is 0.152. The molecule has 0 heterocycles. The highest BCUT2D eigenvalue weighted by Gasteiger charge is 2.65. The molecule has 2 saturated carbocycles. The van der Waals surface area contributed by atoms with Crippen LogP contribution in [0.5, 0.6) is 0 Å². The molecule has 3 aliphatic rings. The number of hydrogen-bond acceptors (Lipinski definition) is 6. The van der Waals surface area contributed by atoms with Crippen molar-refractivity contribution in [1.82, 2.24) is 5.32 Å². The van der Waals surface area contributed by atoms with Crippen molar-refractivity contribution in [2.75, 3.05) is 6.61 Å². The smallest absolute Gasteiger partial charge is 0.460 e. The molecule has 0 aliphatic heterocycles. The third-order valence-corrected chi connectivity index (χ3v) is 7.94. The van der Waals surface area contributed by atoms with Gasteiger partial charge in [0.1, 0.15) is 12.2 Å². The van der Waals surface area contributed by atoms with Gasteiger partial charge in [0.05, 0.1) is 6.61 Å². The summed E-state index contributed by atoms with van der Waals surface area (Å²) < 4.78 is 17.0. The predicted octanol–water partition coefficient (Wildman–Crippen LogP) is 4.91. The number of ether oxygens (including phenoxy) is 3. The van der Waals surface area contributed by atoms with Gasteiger partial charge in [0, 0.05) is 17.4 Å². The Bertz CT molecular complexity index is 959. The van der Waals surface area contributed by atoms with Gasteiger partial charge in [-0.05, 0) is 56.1 Å². The standard InChI is InChI=1S/C28H37NO6/c1-5-33-27(32)35-24-20-12-13-21(16-20)28(24,29-25(30)19-9-7-6-8-10-19)26(31)34-23-15-18(4)11-14-22(23)17(2)3/h6-10,12-13,17-18,20-24H,5,11,14-16H2,1-4H3,(H,29,30)/t18-,20+,21-,22+,23-,24+,28-/m0/s1. The van der Waals surface area contributed by atoms with Crippen LogP contribution in [0.15, 0.2) is 42.5 Å². The summed E-state index contributed by atoms with van der Waals surface area (Å²) in [6, 6.07) is 8.74. The Morgan fingerprint density at radius 1 is 1.06 bits per heavy atom. The third kappa shape index (κ3) is 4.95. The zero-order chi connectivity index (χ0) is 25.2. The lowest BCUT2D eigenvalue weighted by molar-refractivity contribution is -0.170. The van der Waals surface area contributed by atoms with Gasteiger partial charge >= 0.3 is 12.1 Å². The molecule has 0 unspecified atom stereocenters. The van der Waals surface area contributed by atoms with E-state index in [1.54, 1.807) is 31.2 Å². The van der Waals surface area contributed by atoms with Gasteiger partial charge in [-0.25, -0.2) is 9.59 Å². The molecule has 0 aromatic heterocycles. The van der Waals surface area contributed by atoms with E-state index in [1.165, 1.54) is 0 Å². The van der Waals surface area contributed by atoms with E-state index in [4.69, 9.17) is 14.2 Å². The van der Waals surface area contributed by atoms with Crippen LogP contribution in [0.1, 0.15) is 63.7 Å². The van der Waals surface area contributed by atoms with Crippen molar-refractivity contribution in [3.63, 3.8) is 0 Å². The van der Waals surface area contributed by atoms with Gasteiger partial charge in [-0.2, -0.15) is 0 Å². The number of esters is 1. The molecule has 1 N–H and O–H groups in total. The highest BCUT2D eigenvalue weighted by Crippen LogP contribution is 2.50. The summed E-state index contributed by atoms with van der Waals surface area (Å²) in [7, 11) is 0. The average Bonchev–Trinajstić information content (AvgIpc) is 3.41. The van der Waals surface area contributed by atoms with Crippen LogP contribution >= 0.6 is 0 Å². The molecule has 0 radical (unpaired) electrons. The lowest BCUT2D eigenvalue weighted by Crippen LogP contribution is -2.66. The molecule has 3 aliphatic carbocycles. The van der Waals surface area contributed by atoms with E-state index in [-0.39, 0.29) is 30.5 Å². The van der Waals surface area contributed by atoms with E-state index < -0.39 is 29.7 Å². The summed E-state index contributed by atoms with van der Waals surface area (Å²) in [5.41, 5.74) is -1.09. The molecule has 2 bridgehead atoms. The maximum Gasteiger partial charge on any atom is 0.508 e. The van der Waals surface area contributed by atoms with Crippen molar-refractivity contribution in [3.05, 3.63) is 48.0 Å². The second-order valence-corrected chi connectivity index (χ2v) is 10.6. The van der Waals surface area contributed by atoms with Crippen LogP contribution in [0.2, 0.25) is 0 Å². The minimum Gasteiger partial charge on any atom is -0.460 e. The number of hydrogen-bond donors (Lipinski definition) is 1. The Hall–Kier alpha value is -2.83. The summed E-state index contributed by atoms with van der Waals surface area (Å²) in [6.07, 6.45) is 5.35. The third-order valence-electron chi connectivity index (χ3n) is 7.94. The molecule has 7 atom stereocenters. The lowest BCUT2D eigenvalue weighted by atomic mass is 9.75. The Morgan fingerprint density at radius 3 is 2.49 bits per heavy atom. The van der Waals surface area contributed by atoms with Gasteiger partial charge in [-0.3, -0.25) is 4.79 Å². The molecule has 2 fully saturated rings.